The minimum absolute atomic E-state index is 0.00111. The Morgan fingerprint density at radius 1 is 1.44 bits per heavy atom. The summed E-state index contributed by atoms with van der Waals surface area (Å²) in [4.78, 5) is 12.0. The third-order valence-electron chi connectivity index (χ3n) is 2.82. The number of rotatable bonds is 4. The summed E-state index contributed by atoms with van der Waals surface area (Å²) in [6.45, 7) is 2.32. The Hall–Kier alpha value is -1.61. The second-order valence-corrected chi connectivity index (χ2v) is 3.85. The predicted octanol–water partition coefficient (Wildman–Crippen LogP) is 2.60. The minimum Gasteiger partial charge on any atom is -0.453 e. The SMILES string of the molecule is CCC(CN)C(=O)c1cc2ccccc2o1. The molecule has 2 N–H and O–H groups in total. The number of benzene rings is 1. The van der Waals surface area contributed by atoms with Crippen LogP contribution in [0.3, 0.4) is 0 Å². The molecule has 16 heavy (non-hydrogen) atoms. The Morgan fingerprint density at radius 2 is 2.19 bits per heavy atom. The Labute approximate surface area is 94.2 Å². The van der Waals surface area contributed by atoms with Gasteiger partial charge in [0.1, 0.15) is 5.58 Å². The standard InChI is InChI=1S/C13H15NO2/c1-2-9(8-14)13(15)12-7-10-5-3-4-6-11(10)16-12/h3-7,9H,2,8,14H2,1H3. The minimum atomic E-state index is -0.138. The number of furan rings is 1. The van der Waals surface area contributed by atoms with Gasteiger partial charge in [0.05, 0.1) is 0 Å². The van der Waals surface area contributed by atoms with Gasteiger partial charge in [0, 0.05) is 17.8 Å². The maximum atomic E-state index is 12.0. The molecule has 0 aliphatic heterocycles. The maximum absolute atomic E-state index is 12.0. The second-order valence-electron chi connectivity index (χ2n) is 3.85. The van der Waals surface area contributed by atoms with Crippen molar-refractivity contribution < 1.29 is 9.21 Å². The van der Waals surface area contributed by atoms with E-state index < -0.39 is 0 Å². The van der Waals surface area contributed by atoms with Crippen LogP contribution in [-0.2, 0) is 0 Å². The quantitative estimate of drug-likeness (QED) is 0.801. The molecule has 2 rings (SSSR count). The van der Waals surface area contributed by atoms with Crippen molar-refractivity contribution in [2.24, 2.45) is 11.7 Å². The van der Waals surface area contributed by atoms with Gasteiger partial charge in [0.2, 0.25) is 5.78 Å². The van der Waals surface area contributed by atoms with E-state index in [0.717, 1.165) is 17.4 Å². The van der Waals surface area contributed by atoms with Crippen LogP contribution < -0.4 is 5.73 Å². The summed E-state index contributed by atoms with van der Waals surface area (Å²) in [6.07, 6.45) is 0.742. The lowest BCUT2D eigenvalue weighted by molar-refractivity contribution is 0.0895. The molecular formula is C13H15NO2. The third kappa shape index (κ3) is 1.86. The molecule has 0 saturated heterocycles. The van der Waals surface area contributed by atoms with Gasteiger partial charge in [0.25, 0.3) is 0 Å². The van der Waals surface area contributed by atoms with Crippen molar-refractivity contribution in [3.63, 3.8) is 0 Å². The molecule has 3 nitrogen and oxygen atoms in total. The van der Waals surface area contributed by atoms with E-state index in [2.05, 4.69) is 0 Å². The second kappa shape index (κ2) is 4.49. The first-order chi connectivity index (χ1) is 7.76. The molecule has 3 heteroatoms. The normalized spacial score (nSPS) is 12.9. The molecule has 1 aromatic carbocycles. The van der Waals surface area contributed by atoms with Gasteiger partial charge >= 0.3 is 0 Å². The molecule has 0 radical (unpaired) electrons. The van der Waals surface area contributed by atoms with Crippen molar-refractivity contribution in [3.05, 3.63) is 36.1 Å². The van der Waals surface area contributed by atoms with Crippen LogP contribution in [-0.4, -0.2) is 12.3 Å². The van der Waals surface area contributed by atoms with Crippen molar-refractivity contribution in [2.75, 3.05) is 6.54 Å². The van der Waals surface area contributed by atoms with Crippen LogP contribution in [0.25, 0.3) is 11.0 Å². The lowest BCUT2D eigenvalue weighted by Gasteiger charge is -2.07. The van der Waals surface area contributed by atoms with Crippen LogP contribution in [0.15, 0.2) is 34.7 Å². The zero-order chi connectivity index (χ0) is 11.5. The third-order valence-corrected chi connectivity index (χ3v) is 2.82. The Bertz CT molecular complexity index is 464. The molecule has 0 bridgehead atoms. The number of ketones is 1. The molecule has 2 aromatic rings. The van der Waals surface area contributed by atoms with E-state index in [0.29, 0.717) is 12.3 Å². The average Bonchev–Trinajstić information content (AvgIpc) is 2.74. The fourth-order valence-corrected chi connectivity index (χ4v) is 1.76. The topological polar surface area (TPSA) is 56.2 Å². The lowest BCUT2D eigenvalue weighted by Crippen LogP contribution is -2.22. The molecule has 0 aliphatic rings. The molecule has 0 spiro atoms. The first-order valence-corrected chi connectivity index (χ1v) is 5.49. The summed E-state index contributed by atoms with van der Waals surface area (Å²) in [5.74, 6) is 0.278. The first kappa shape index (κ1) is 10.9. The summed E-state index contributed by atoms with van der Waals surface area (Å²) in [7, 11) is 0. The summed E-state index contributed by atoms with van der Waals surface area (Å²) in [5, 5.41) is 0.956. The monoisotopic (exact) mass is 217 g/mol. The highest BCUT2D eigenvalue weighted by Gasteiger charge is 2.20. The van der Waals surface area contributed by atoms with Crippen LogP contribution in [0.4, 0.5) is 0 Å². The van der Waals surface area contributed by atoms with Crippen molar-refractivity contribution in [1.82, 2.24) is 0 Å². The number of nitrogens with two attached hydrogens (primary N) is 1. The Balaban J connectivity index is 2.36. The first-order valence-electron chi connectivity index (χ1n) is 5.49. The number of carbonyl (C=O) groups excluding carboxylic acids is 1. The summed E-state index contributed by atoms with van der Waals surface area (Å²) >= 11 is 0. The maximum Gasteiger partial charge on any atom is 0.202 e. The van der Waals surface area contributed by atoms with Crippen molar-refractivity contribution in [3.8, 4) is 0 Å². The highest BCUT2D eigenvalue weighted by atomic mass is 16.3. The molecule has 0 saturated carbocycles. The zero-order valence-electron chi connectivity index (χ0n) is 9.27. The summed E-state index contributed by atoms with van der Waals surface area (Å²) in [5.41, 5.74) is 6.30. The van der Waals surface area contributed by atoms with Crippen molar-refractivity contribution >= 4 is 16.8 Å². The molecule has 0 amide bonds. The fourth-order valence-electron chi connectivity index (χ4n) is 1.76. The van der Waals surface area contributed by atoms with Crippen LogP contribution >= 0.6 is 0 Å². The van der Waals surface area contributed by atoms with Gasteiger partial charge in [-0.25, -0.2) is 0 Å². The van der Waals surface area contributed by atoms with E-state index in [9.17, 15) is 4.79 Å². The van der Waals surface area contributed by atoms with Gasteiger partial charge in [-0.05, 0) is 18.6 Å². The number of Topliss-reactive ketones (excluding diaryl/α,β-unsaturated/α-hetero) is 1. The van der Waals surface area contributed by atoms with Gasteiger partial charge in [-0.15, -0.1) is 0 Å². The van der Waals surface area contributed by atoms with E-state index in [1.807, 2.05) is 31.2 Å². The highest BCUT2D eigenvalue weighted by Crippen LogP contribution is 2.21. The number of para-hydroxylation sites is 1. The molecule has 84 valence electrons. The predicted molar refractivity (Wildman–Crippen MR) is 63.4 cm³/mol. The van der Waals surface area contributed by atoms with Crippen LogP contribution in [0, 0.1) is 5.92 Å². The number of fused-ring (bicyclic) bond motifs is 1. The Morgan fingerprint density at radius 3 is 2.81 bits per heavy atom. The van der Waals surface area contributed by atoms with Gasteiger partial charge in [-0.3, -0.25) is 4.79 Å². The highest BCUT2D eigenvalue weighted by molar-refractivity contribution is 5.99. The molecule has 1 heterocycles. The van der Waals surface area contributed by atoms with Gasteiger partial charge in [0.15, 0.2) is 5.76 Å². The molecule has 1 aromatic heterocycles. The molecular weight excluding hydrogens is 202 g/mol. The smallest absolute Gasteiger partial charge is 0.202 e. The van der Waals surface area contributed by atoms with Gasteiger partial charge in [-0.1, -0.05) is 25.1 Å². The molecule has 0 aliphatic carbocycles. The fraction of sp³-hybridized carbons (Fsp3) is 0.308. The largest absolute Gasteiger partial charge is 0.453 e. The number of hydrogen-bond acceptors (Lipinski definition) is 3. The van der Waals surface area contributed by atoms with E-state index in [1.54, 1.807) is 6.07 Å². The number of carbonyl (C=O) groups is 1. The van der Waals surface area contributed by atoms with E-state index in [-0.39, 0.29) is 11.7 Å². The molecule has 1 atom stereocenters. The van der Waals surface area contributed by atoms with E-state index in [1.165, 1.54) is 0 Å². The number of hydrogen-bond donors (Lipinski definition) is 1. The molecule has 1 unspecified atom stereocenters. The van der Waals surface area contributed by atoms with E-state index in [4.69, 9.17) is 10.2 Å². The van der Waals surface area contributed by atoms with Crippen LogP contribution in [0.5, 0.6) is 0 Å². The summed E-state index contributed by atoms with van der Waals surface area (Å²) < 4.78 is 5.51. The van der Waals surface area contributed by atoms with Crippen LogP contribution in [0.1, 0.15) is 23.9 Å². The average molecular weight is 217 g/mol. The van der Waals surface area contributed by atoms with Gasteiger partial charge in [-0.2, -0.15) is 0 Å². The van der Waals surface area contributed by atoms with Crippen molar-refractivity contribution in [1.29, 1.82) is 0 Å². The van der Waals surface area contributed by atoms with E-state index >= 15 is 0 Å². The molecule has 0 fully saturated rings. The zero-order valence-corrected chi connectivity index (χ0v) is 9.27. The van der Waals surface area contributed by atoms with Crippen LogP contribution in [0.2, 0.25) is 0 Å². The summed E-state index contributed by atoms with van der Waals surface area (Å²) in [6, 6.07) is 9.39. The van der Waals surface area contributed by atoms with Crippen molar-refractivity contribution in [2.45, 2.75) is 13.3 Å². The lowest BCUT2D eigenvalue weighted by atomic mass is 9.99. The van der Waals surface area contributed by atoms with Gasteiger partial charge < -0.3 is 10.2 Å². The Kier molecular flexibility index (Phi) is 3.06.